The van der Waals surface area contributed by atoms with Gasteiger partial charge in [0.25, 0.3) is 0 Å². The lowest BCUT2D eigenvalue weighted by atomic mass is 10.1. The van der Waals surface area contributed by atoms with E-state index < -0.39 is 0 Å². The molecule has 84 valence electrons. The molecule has 3 N–H and O–H groups in total. The number of nitrogens with one attached hydrogen (secondary N) is 1. The molecular formula is C9H12N6O. The summed E-state index contributed by atoms with van der Waals surface area (Å²) in [6, 6.07) is 0. The predicted octanol–water partition coefficient (Wildman–Crippen LogP) is 0.0287. The maximum Gasteiger partial charge on any atom is 0.175 e. The van der Waals surface area contributed by atoms with Crippen molar-refractivity contribution < 1.29 is 4.79 Å². The molecule has 0 aliphatic carbocycles. The van der Waals surface area contributed by atoms with Crippen LogP contribution in [0.4, 0.5) is 5.82 Å². The van der Waals surface area contributed by atoms with Crippen LogP contribution in [0, 0.1) is 0 Å². The number of aryl methyl sites for hydroxylation is 1. The minimum absolute atomic E-state index is 0.117. The molecule has 0 saturated carbocycles. The first-order chi connectivity index (χ1) is 7.72. The Hall–Kier alpha value is -2.18. The summed E-state index contributed by atoms with van der Waals surface area (Å²) in [5.41, 5.74) is 5.95. The molecule has 0 amide bonds. The molecule has 0 saturated heterocycles. The smallest absolute Gasteiger partial charge is 0.175 e. The average molecular weight is 220 g/mol. The number of hydrogen-bond acceptors (Lipinski definition) is 5. The number of carbonyl (C=O) groups excluding carboxylic acids is 1. The Balaban J connectivity index is 2.17. The summed E-state index contributed by atoms with van der Waals surface area (Å²) in [5, 5.41) is 10.2. The predicted molar refractivity (Wildman–Crippen MR) is 56.7 cm³/mol. The second-order valence-corrected chi connectivity index (χ2v) is 3.29. The number of Topliss-reactive ketones (excluding diaryl/α,β-unsaturated/α-hetero) is 1. The van der Waals surface area contributed by atoms with E-state index in [9.17, 15) is 4.79 Å². The van der Waals surface area contributed by atoms with Gasteiger partial charge in [-0.15, -0.1) is 0 Å². The van der Waals surface area contributed by atoms with Gasteiger partial charge in [0.05, 0.1) is 18.2 Å². The zero-order valence-corrected chi connectivity index (χ0v) is 8.84. The maximum absolute atomic E-state index is 11.8. The second-order valence-electron chi connectivity index (χ2n) is 3.29. The van der Waals surface area contributed by atoms with Crippen molar-refractivity contribution in [3.8, 4) is 0 Å². The van der Waals surface area contributed by atoms with E-state index in [0.29, 0.717) is 17.9 Å². The molecule has 16 heavy (non-hydrogen) atoms. The zero-order valence-electron chi connectivity index (χ0n) is 8.84. The van der Waals surface area contributed by atoms with Gasteiger partial charge in [-0.1, -0.05) is 0 Å². The summed E-state index contributed by atoms with van der Waals surface area (Å²) < 4.78 is 1.67. The van der Waals surface area contributed by atoms with Crippen molar-refractivity contribution >= 4 is 11.6 Å². The first-order valence-corrected chi connectivity index (χ1v) is 4.91. The number of nitrogens with zero attached hydrogens (tertiary/aromatic N) is 4. The maximum atomic E-state index is 11.8. The van der Waals surface area contributed by atoms with Crippen molar-refractivity contribution in [3.63, 3.8) is 0 Å². The number of aromatic amines is 1. The van der Waals surface area contributed by atoms with Crippen molar-refractivity contribution in [3.05, 3.63) is 23.9 Å². The minimum atomic E-state index is -0.117. The van der Waals surface area contributed by atoms with Crippen molar-refractivity contribution in [1.29, 1.82) is 0 Å². The van der Waals surface area contributed by atoms with Gasteiger partial charge in [0.15, 0.2) is 5.78 Å². The quantitative estimate of drug-likeness (QED) is 0.707. The van der Waals surface area contributed by atoms with Crippen LogP contribution < -0.4 is 5.73 Å². The van der Waals surface area contributed by atoms with Crippen LogP contribution >= 0.6 is 0 Å². The first kappa shape index (κ1) is 10.3. The summed E-state index contributed by atoms with van der Waals surface area (Å²) in [6.45, 7) is 2.62. The molecule has 7 heteroatoms. The number of rotatable bonds is 4. The van der Waals surface area contributed by atoms with E-state index in [1.165, 1.54) is 12.5 Å². The van der Waals surface area contributed by atoms with Crippen LogP contribution in [0.1, 0.15) is 23.1 Å². The average Bonchev–Trinajstić information content (AvgIpc) is 2.86. The summed E-state index contributed by atoms with van der Waals surface area (Å²) in [7, 11) is 0. The van der Waals surface area contributed by atoms with E-state index in [4.69, 9.17) is 5.73 Å². The largest absolute Gasteiger partial charge is 0.383 e. The van der Waals surface area contributed by atoms with Crippen molar-refractivity contribution in [2.75, 3.05) is 5.73 Å². The number of ketones is 1. The monoisotopic (exact) mass is 220 g/mol. The van der Waals surface area contributed by atoms with Gasteiger partial charge in [-0.3, -0.25) is 9.89 Å². The third-order valence-corrected chi connectivity index (χ3v) is 2.28. The molecule has 0 aromatic carbocycles. The second kappa shape index (κ2) is 4.13. The summed E-state index contributed by atoms with van der Waals surface area (Å²) >= 11 is 0. The standard InChI is InChI=1S/C9H12N6O/c1-2-15-8(11-5-13-15)3-7(16)6-4-12-14-9(6)10/h4-5H,2-3H2,1H3,(H3,10,12,14). The van der Waals surface area contributed by atoms with Crippen LogP contribution in [-0.2, 0) is 13.0 Å². The van der Waals surface area contributed by atoms with Crippen LogP contribution in [0.3, 0.4) is 0 Å². The molecule has 0 radical (unpaired) electrons. The van der Waals surface area contributed by atoms with Crippen LogP contribution in [0.5, 0.6) is 0 Å². The van der Waals surface area contributed by atoms with Crippen LogP contribution in [0.2, 0.25) is 0 Å². The normalized spacial score (nSPS) is 10.6. The minimum Gasteiger partial charge on any atom is -0.383 e. The van der Waals surface area contributed by atoms with E-state index in [2.05, 4.69) is 20.3 Å². The van der Waals surface area contributed by atoms with Crippen LogP contribution in [-0.4, -0.2) is 30.7 Å². The third-order valence-electron chi connectivity index (χ3n) is 2.28. The van der Waals surface area contributed by atoms with E-state index in [0.717, 1.165) is 0 Å². The van der Waals surface area contributed by atoms with Gasteiger partial charge >= 0.3 is 0 Å². The molecule has 2 heterocycles. The molecule has 0 spiro atoms. The number of nitrogen functional groups attached to an aromatic ring is 1. The Kier molecular flexibility index (Phi) is 2.67. The van der Waals surface area contributed by atoms with Crippen molar-refractivity contribution in [2.24, 2.45) is 0 Å². The van der Waals surface area contributed by atoms with E-state index in [-0.39, 0.29) is 18.0 Å². The fourth-order valence-corrected chi connectivity index (χ4v) is 1.45. The third kappa shape index (κ3) is 1.79. The highest BCUT2D eigenvalue weighted by Crippen LogP contribution is 2.10. The van der Waals surface area contributed by atoms with Crippen LogP contribution in [0.25, 0.3) is 0 Å². The van der Waals surface area contributed by atoms with Gasteiger partial charge in [0.2, 0.25) is 0 Å². The Bertz CT molecular complexity index is 500. The van der Waals surface area contributed by atoms with Crippen molar-refractivity contribution in [1.82, 2.24) is 25.0 Å². The number of nitrogens with two attached hydrogens (primary N) is 1. The highest BCUT2D eigenvalue weighted by Gasteiger charge is 2.15. The van der Waals surface area contributed by atoms with Crippen molar-refractivity contribution in [2.45, 2.75) is 19.9 Å². The van der Waals surface area contributed by atoms with Gasteiger partial charge in [-0.25, -0.2) is 9.67 Å². The van der Waals surface area contributed by atoms with Gasteiger partial charge in [-0.05, 0) is 6.92 Å². The zero-order chi connectivity index (χ0) is 11.5. The molecule has 2 rings (SSSR count). The van der Waals surface area contributed by atoms with Gasteiger partial charge in [0, 0.05) is 6.54 Å². The number of anilines is 1. The summed E-state index contributed by atoms with van der Waals surface area (Å²) in [5.74, 6) is 0.801. The molecule has 2 aromatic heterocycles. The summed E-state index contributed by atoms with van der Waals surface area (Å²) in [4.78, 5) is 15.9. The molecule has 0 atom stereocenters. The molecule has 0 bridgehead atoms. The molecule has 0 aliphatic rings. The van der Waals surface area contributed by atoms with Gasteiger partial charge < -0.3 is 5.73 Å². The Morgan fingerprint density at radius 1 is 1.62 bits per heavy atom. The topological polar surface area (TPSA) is 102 Å². The van der Waals surface area contributed by atoms with E-state index >= 15 is 0 Å². The van der Waals surface area contributed by atoms with E-state index in [1.54, 1.807) is 4.68 Å². The highest BCUT2D eigenvalue weighted by molar-refractivity contribution is 6.00. The van der Waals surface area contributed by atoms with Crippen LogP contribution in [0.15, 0.2) is 12.5 Å². The van der Waals surface area contributed by atoms with Gasteiger partial charge in [-0.2, -0.15) is 10.2 Å². The fourth-order valence-electron chi connectivity index (χ4n) is 1.45. The lowest BCUT2D eigenvalue weighted by molar-refractivity contribution is 0.0990. The fraction of sp³-hybridized carbons (Fsp3) is 0.333. The lowest BCUT2D eigenvalue weighted by Crippen LogP contribution is -2.11. The van der Waals surface area contributed by atoms with E-state index in [1.807, 2.05) is 6.92 Å². The Labute approximate surface area is 91.7 Å². The molecule has 0 fully saturated rings. The Morgan fingerprint density at radius 2 is 2.44 bits per heavy atom. The highest BCUT2D eigenvalue weighted by atomic mass is 16.1. The molecule has 7 nitrogen and oxygen atoms in total. The Morgan fingerprint density at radius 3 is 3.06 bits per heavy atom. The number of aromatic nitrogens is 5. The number of H-pyrrole nitrogens is 1. The molecular weight excluding hydrogens is 208 g/mol. The first-order valence-electron chi connectivity index (χ1n) is 4.91. The molecule has 0 unspecified atom stereocenters. The molecule has 2 aromatic rings. The van der Waals surface area contributed by atoms with Gasteiger partial charge in [0.1, 0.15) is 18.0 Å². The molecule has 0 aliphatic heterocycles. The number of hydrogen-bond donors (Lipinski definition) is 2. The number of carbonyl (C=O) groups is 1. The SMILES string of the molecule is CCn1ncnc1CC(=O)c1cn[nH]c1N. The summed E-state index contributed by atoms with van der Waals surface area (Å²) in [6.07, 6.45) is 3.03. The lowest BCUT2D eigenvalue weighted by Gasteiger charge is -2.01.